The molecule has 3 rings (SSSR count). The summed E-state index contributed by atoms with van der Waals surface area (Å²) in [5.74, 6) is 0.0708. The number of nitrogens with one attached hydrogen (secondary N) is 2. The first kappa shape index (κ1) is 15.3. The van der Waals surface area contributed by atoms with Gasteiger partial charge < -0.3 is 15.5 Å². The van der Waals surface area contributed by atoms with Crippen molar-refractivity contribution in [2.45, 2.75) is 57.2 Å². The van der Waals surface area contributed by atoms with Crippen LogP contribution in [0, 0.1) is 0 Å². The minimum Gasteiger partial charge on any atom is -0.353 e. The number of benzene rings is 1. The van der Waals surface area contributed by atoms with E-state index < -0.39 is 0 Å². The number of piperidine rings is 2. The Morgan fingerprint density at radius 3 is 2.41 bits per heavy atom. The van der Waals surface area contributed by atoms with Crippen LogP contribution in [0.2, 0.25) is 0 Å². The summed E-state index contributed by atoms with van der Waals surface area (Å²) in [7, 11) is 0. The molecule has 2 bridgehead atoms. The van der Waals surface area contributed by atoms with Crippen LogP contribution in [-0.4, -0.2) is 34.0 Å². The first-order valence-electron chi connectivity index (χ1n) is 8.05. The average Bonchev–Trinajstić information content (AvgIpc) is 2.46. The van der Waals surface area contributed by atoms with E-state index in [2.05, 4.69) is 15.5 Å². The molecule has 2 unspecified atom stereocenters. The van der Waals surface area contributed by atoms with E-state index in [1.165, 1.54) is 6.42 Å². The normalized spacial score (nSPS) is 27.1. The lowest BCUT2D eigenvalue weighted by molar-refractivity contribution is -0.120. The van der Waals surface area contributed by atoms with E-state index in [1.54, 1.807) is 6.92 Å². The number of anilines is 1. The van der Waals surface area contributed by atoms with Gasteiger partial charge in [0.25, 0.3) is 0 Å². The van der Waals surface area contributed by atoms with Crippen molar-refractivity contribution in [1.29, 1.82) is 0 Å². The van der Waals surface area contributed by atoms with Crippen LogP contribution in [0.25, 0.3) is 0 Å². The second-order valence-electron chi connectivity index (χ2n) is 6.31. The lowest BCUT2D eigenvalue weighted by Crippen LogP contribution is -2.59. The van der Waals surface area contributed by atoms with Gasteiger partial charge in [0.2, 0.25) is 5.91 Å². The summed E-state index contributed by atoms with van der Waals surface area (Å²) >= 11 is 5.66. The molecule has 2 aliphatic rings. The summed E-state index contributed by atoms with van der Waals surface area (Å²) in [6.45, 7) is 1.60. The van der Waals surface area contributed by atoms with Crippen LogP contribution in [0.5, 0.6) is 0 Å². The van der Waals surface area contributed by atoms with Crippen LogP contribution in [0.3, 0.4) is 0 Å². The fourth-order valence-corrected chi connectivity index (χ4v) is 4.24. The van der Waals surface area contributed by atoms with Gasteiger partial charge in [-0.25, -0.2) is 0 Å². The molecule has 1 amide bonds. The number of amides is 1. The molecule has 2 fully saturated rings. The lowest BCUT2D eigenvalue weighted by Gasteiger charge is -2.50. The molecule has 1 aromatic carbocycles. The van der Waals surface area contributed by atoms with Crippen molar-refractivity contribution in [1.82, 2.24) is 10.2 Å². The van der Waals surface area contributed by atoms with Gasteiger partial charge in [0.1, 0.15) is 0 Å². The topological polar surface area (TPSA) is 44.4 Å². The van der Waals surface area contributed by atoms with Gasteiger partial charge in [-0.1, -0.05) is 18.2 Å². The number of hydrogen-bond donors (Lipinski definition) is 2. The fraction of sp³-hybridized carbons (Fsp3) is 0.529. The Bertz CT molecular complexity index is 534. The third-order valence-electron chi connectivity index (χ3n) is 4.64. The molecule has 0 saturated carbocycles. The Morgan fingerprint density at radius 1 is 1.18 bits per heavy atom. The van der Waals surface area contributed by atoms with Crippen molar-refractivity contribution in [3.8, 4) is 0 Å². The number of fused-ring (bicyclic) bond motifs is 2. The van der Waals surface area contributed by atoms with Crippen molar-refractivity contribution in [2.24, 2.45) is 0 Å². The quantitative estimate of drug-likeness (QED) is 0.823. The molecule has 2 saturated heterocycles. The molecule has 2 atom stereocenters. The molecule has 118 valence electrons. The highest BCUT2D eigenvalue weighted by Gasteiger charge is 2.39. The minimum absolute atomic E-state index is 0.0708. The number of carbonyl (C=O) groups excluding carboxylic acids is 1. The van der Waals surface area contributed by atoms with Crippen LogP contribution in [-0.2, 0) is 4.79 Å². The summed E-state index contributed by atoms with van der Waals surface area (Å²) in [6.07, 6.45) is 5.55. The molecule has 0 aliphatic carbocycles. The predicted molar refractivity (Wildman–Crippen MR) is 92.8 cm³/mol. The third-order valence-corrected chi connectivity index (χ3v) is 4.95. The molecule has 22 heavy (non-hydrogen) atoms. The van der Waals surface area contributed by atoms with Crippen LogP contribution in [0.1, 0.15) is 39.0 Å². The van der Waals surface area contributed by atoms with Gasteiger partial charge in [-0.3, -0.25) is 4.79 Å². The molecule has 1 aromatic rings. The molecule has 2 N–H and O–H groups in total. The number of hydrogen-bond acceptors (Lipinski definition) is 2. The smallest absolute Gasteiger partial charge is 0.217 e. The summed E-state index contributed by atoms with van der Waals surface area (Å²) in [5.41, 5.74) is 1.04. The van der Waals surface area contributed by atoms with Crippen LogP contribution < -0.4 is 10.6 Å². The zero-order chi connectivity index (χ0) is 15.5. The molecule has 0 spiro atoms. The van der Waals surface area contributed by atoms with Gasteiger partial charge in [0.15, 0.2) is 5.11 Å². The highest BCUT2D eigenvalue weighted by atomic mass is 32.1. The van der Waals surface area contributed by atoms with Crippen LogP contribution in [0.15, 0.2) is 30.3 Å². The highest BCUT2D eigenvalue weighted by Crippen LogP contribution is 2.34. The molecule has 4 nitrogen and oxygen atoms in total. The standard InChI is InChI=1S/C17H23N3OS/c1-12(21)18-14-10-15-8-5-9-16(11-14)20(15)17(22)19-13-6-3-2-4-7-13/h2-4,6-7,14-16H,5,8-11H2,1H3,(H,18,21)(H,19,22). The molecular weight excluding hydrogens is 294 g/mol. The average molecular weight is 317 g/mol. The van der Waals surface area contributed by atoms with Crippen molar-refractivity contribution in [3.63, 3.8) is 0 Å². The summed E-state index contributed by atoms with van der Waals surface area (Å²) in [5, 5.41) is 7.28. The highest BCUT2D eigenvalue weighted by molar-refractivity contribution is 7.80. The van der Waals surface area contributed by atoms with E-state index >= 15 is 0 Å². The van der Waals surface area contributed by atoms with E-state index in [0.29, 0.717) is 18.1 Å². The lowest BCUT2D eigenvalue weighted by atomic mass is 9.82. The third kappa shape index (κ3) is 3.40. The van der Waals surface area contributed by atoms with Crippen molar-refractivity contribution < 1.29 is 4.79 Å². The number of rotatable bonds is 2. The molecule has 0 aromatic heterocycles. The van der Waals surface area contributed by atoms with E-state index in [0.717, 1.165) is 36.5 Å². The monoisotopic (exact) mass is 317 g/mol. The Hall–Kier alpha value is -1.62. The molecule has 0 radical (unpaired) electrons. The van der Waals surface area contributed by atoms with E-state index in [-0.39, 0.29) is 5.91 Å². The van der Waals surface area contributed by atoms with Gasteiger partial charge in [-0.2, -0.15) is 0 Å². The summed E-state index contributed by atoms with van der Waals surface area (Å²) < 4.78 is 0. The molecular formula is C17H23N3OS. The van der Waals surface area contributed by atoms with Crippen molar-refractivity contribution in [2.75, 3.05) is 5.32 Å². The molecule has 5 heteroatoms. The summed E-state index contributed by atoms with van der Waals surface area (Å²) in [6, 6.07) is 11.3. The van der Waals surface area contributed by atoms with Crippen LogP contribution in [0.4, 0.5) is 5.69 Å². The maximum absolute atomic E-state index is 11.3. The second kappa shape index (κ2) is 6.65. The number of nitrogens with zero attached hydrogens (tertiary/aromatic N) is 1. The zero-order valence-corrected chi connectivity index (χ0v) is 13.7. The first-order valence-corrected chi connectivity index (χ1v) is 8.46. The van der Waals surface area contributed by atoms with Crippen molar-refractivity contribution in [3.05, 3.63) is 30.3 Å². The van der Waals surface area contributed by atoms with Crippen LogP contribution >= 0.6 is 12.2 Å². The first-order chi connectivity index (χ1) is 10.6. The van der Waals surface area contributed by atoms with Gasteiger partial charge in [-0.05, 0) is 56.5 Å². The maximum Gasteiger partial charge on any atom is 0.217 e. The summed E-state index contributed by atoms with van der Waals surface area (Å²) in [4.78, 5) is 13.7. The largest absolute Gasteiger partial charge is 0.353 e. The van der Waals surface area contributed by atoms with Gasteiger partial charge in [0.05, 0.1) is 0 Å². The number of thiocarbonyl (C=S) groups is 1. The Kier molecular flexibility index (Phi) is 4.62. The number of para-hydroxylation sites is 1. The Balaban J connectivity index is 1.68. The van der Waals surface area contributed by atoms with Crippen molar-refractivity contribution >= 4 is 28.9 Å². The Morgan fingerprint density at radius 2 is 1.82 bits per heavy atom. The minimum atomic E-state index is 0.0708. The zero-order valence-electron chi connectivity index (χ0n) is 12.9. The Labute approximate surface area is 137 Å². The van der Waals surface area contributed by atoms with Gasteiger partial charge in [0, 0.05) is 30.7 Å². The van der Waals surface area contributed by atoms with E-state index in [1.807, 2.05) is 30.3 Å². The fourth-order valence-electron chi connectivity index (χ4n) is 3.83. The van der Waals surface area contributed by atoms with E-state index in [4.69, 9.17) is 12.2 Å². The number of carbonyl (C=O) groups is 1. The van der Waals surface area contributed by atoms with E-state index in [9.17, 15) is 4.79 Å². The maximum atomic E-state index is 11.3. The van der Waals surface area contributed by atoms with Gasteiger partial charge >= 0.3 is 0 Å². The predicted octanol–water partition coefficient (Wildman–Crippen LogP) is 2.91. The van der Waals surface area contributed by atoms with Gasteiger partial charge in [-0.15, -0.1) is 0 Å². The second-order valence-corrected chi connectivity index (χ2v) is 6.70. The molecule has 2 heterocycles. The molecule has 2 aliphatic heterocycles. The SMILES string of the molecule is CC(=O)NC1CC2CCCC(C1)N2C(=S)Nc1ccccc1.